The van der Waals surface area contributed by atoms with Gasteiger partial charge in [-0.1, -0.05) is 46.3 Å². The van der Waals surface area contributed by atoms with Gasteiger partial charge in [0.1, 0.15) is 5.69 Å². The molecule has 0 unspecified atom stereocenters. The number of carbonyl (C=O) groups is 2. The van der Waals surface area contributed by atoms with Crippen LogP contribution in [0.4, 0.5) is 5.69 Å². The van der Waals surface area contributed by atoms with Gasteiger partial charge in [0.05, 0.1) is 5.69 Å². The molecule has 2 aromatic carbocycles. The Labute approximate surface area is 158 Å². The number of nitrogens with one attached hydrogen (secondary N) is 2. The van der Waals surface area contributed by atoms with E-state index in [-0.39, 0.29) is 5.69 Å². The van der Waals surface area contributed by atoms with Gasteiger partial charge in [-0.15, -0.1) is 0 Å². The van der Waals surface area contributed by atoms with Crippen molar-refractivity contribution < 1.29 is 14.3 Å². The van der Waals surface area contributed by atoms with E-state index >= 15 is 0 Å². The number of H-pyrrole nitrogens is 1. The molecule has 0 aliphatic heterocycles. The van der Waals surface area contributed by atoms with Crippen LogP contribution in [0.2, 0.25) is 0 Å². The molecular weight excluding hydrogens is 398 g/mol. The van der Waals surface area contributed by atoms with Crippen LogP contribution in [-0.2, 0) is 9.53 Å². The largest absolute Gasteiger partial charge is 0.448 e. The Morgan fingerprint density at radius 1 is 1.12 bits per heavy atom. The van der Waals surface area contributed by atoms with Crippen molar-refractivity contribution in [1.29, 1.82) is 0 Å². The second kappa shape index (κ2) is 7.97. The van der Waals surface area contributed by atoms with E-state index in [0.717, 1.165) is 10.0 Å². The lowest BCUT2D eigenvalue weighted by Gasteiger charge is -2.12. The molecule has 132 valence electrons. The van der Waals surface area contributed by atoms with Crippen molar-refractivity contribution in [2.75, 3.05) is 5.32 Å². The number of hydrogen-bond acceptors (Lipinski definition) is 4. The number of esters is 1. The molecule has 7 heteroatoms. The number of benzene rings is 2. The van der Waals surface area contributed by atoms with Crippen LogP contribution in [0.25, 0.3) is 11.3 Å². The molecule has 1 atom stereocenters. The lowest BCUT2D eigenvalue weighted by atomic mass is 10.1. The molecule has 1 heterocycles. The van der Waals surface area contributed by atoms with Gasteiger partial charge in [0.25, 0.3) is 5.91 Å². The van der Waals surface area contributed by atoms with Crippen LogP contribution in [0.1, 0.15) is 17.4 Å². The fourth-order valence-electron chi connectivity index (χ4n) is 2.24. The summed E-state index contributed by atoms with van der Waals surface area (Å²) < 4.78 is 6.12. The number of hydrogen-bond donors (Lipinski definition) is 2. The van der Waals surface area contributed by atoms with Gasteiger partial charge in [-0.2, -0.15) is 5.10 Å². The predicted molar refractivity (Wildman–Crippen MR) is 102 cm³/mol. The first-order valence-electron chi connectivity index (χ1n) is 7.91. The van der Waals surface area contributed by atoms with Crippen molar-refractivity contribution in [2.45, 2.75) is 13.0 Å². The average Bonchev–Trinajstić information content (AvgIpc) is 3.14. The van der Waals surface area contributed by atoms with Gasteiger partial charge in [-0.25, -0.2) is 4.79 Å². The number of aromatic amines is 1. The molecule has 3 rings (SSSR count). The molecule has 1 aromatic heterocycles. The monoisotopic (exact) mass is 413 g/mol. The Hall–Kier alpha value is -2.93. The Bertz CT molecular complexity index is 907. The average molecular weight is 414 g/mol. The van der Waals surface area contributed by atoms with Gasteiger partial charge < -0.3 is 10.1 Å². The zero-order valence-corrected chi connectivity index (χ0v) is 15.5. The first kappa shape index (κ1) is 17.9. The van der Waals surface area contributed by atoms with Gasteiger partial charge >= 0.3 is 5.97 Å². The number of nitrogens with zero attached hydrogens (tertiary/aromatic N) is 1. The molecule has 2 N–H and O–H groups in total. The van der Waals surface area contributed by atoms with E-state index in [1.807, 2.05) is 42.5 Å². The van der Waals surface area contributed by atoms with E-state index in [0.29, 0.717) is 11.4 Å². The molecule has 0 spiro atoms. The minimum absolute atomic E-state index is 0.187. The van der Waals surface area contributed by atoms with E-state index in [4.69, 9.17) is 4.74 Å². The SMILES string of the molecule is C[C@H](OC(=O)c1cc(-c2ccccc2)n[nH]1)C(=O)Nc1ccc(Br)cc1. The highest BCUT2D eigenvalue weighted by Gasteiger charge is 2.20. The van der Waals surface area contributed by atoms with Gasteiger partial charge in [0, 0.05) is 15.7 Å². The van der Waals surface area contributed by atoms with Crippen LogP contribution in [0.5, 0.6) is 0 Å². The zero-order valence-electron chi connectivity index (χ0n) is 13.9. The van der Waals surface area contributed by atoms with Crippen molar-refractivity contribution in [1.82, 2.24) is 10.2 Å². The Balaban J connectivity index is 1.61. The van der Waals surface area contributed by atoms with Gasteiger partial charge in [0.2, 0.25) is 0 Å². The fourth-order valence-corrected chi connectivity index (χ4v) is 2.50. The van der Waals surface area contributed by atoms with E-state index in [1.165, 1.54) is 6.92 Å². The third kappa shape index (κ3) is 4.37. The van der Waals surface area contributed by atoms with Gasteiger partial charge in [0.15, 0.2) is 6.10 Å². The first-order valence-corrected chi connectivity index (χ1v) is 8.70. The smallest absolute Gasteiger partial charge is 0.357 e. The second-order valence-electron chi connectivity index (χ2n) is 5.58. The number of carbonyl (C=O) groups excluding carboxylic acids is 2. The summed E-state index contributed by atoms with van der Waals surface area (Å²) in [5.74, 6) is -1.05. The number of aromatic nitrogens is 2. The van der Waals surface area contributed by atoms with Crippen LogP contribution in [0.15, 0.2) is 65.1 Å². The fraction of sp³-hybridized carbons (Fsp3) is 0.105. The van der Waals surface area contributed by atoms with Crippen LogP contribution >= 0.6 is 15.9 Å². The summed E-state index contributed by atoms with van der Waals surface area (Å²) in [6.07, 6.45) is -0.949. The topological polar surface area (TPSA) is 84.1 Å². The molecule has 0 fully saturated rings. The summed E-state index contributed by atoms with van der Waals surface area (Å²) in [6.45, 7) is 1.51. The molecule has 0 saturated heterocycles. The van der Waals surface area contributed by atoms with E-state index in [1.54, 1.807) is 18.2 Å². The van der Waals surface area contributed by atoms with Gasteiger partial charge in [-0.05, 0) is 37.3 Å². The second-order valence-corrected chi connectivity index (χ2v) is 6.49. The molecule has 26 heavy (non-hydrogen) atoms. The summed E-state index contributed by atoms with van der Waals surface area (Å²) in [7, 11) is 0. The Kier molecular flexibility index (Phi) is 5.48. The van der Waals surface area contributed by atoms with Crippen LogP contribution < -0.4 is 5.32 Å². The molecule has 0 aliphatic rings. The molecule has 3 aromatic rings. The van der Waals surface area contributed by atoms with Crippen LogP contribution in [0, 0.1) is 0 Å². The number of halogens is 1. The van der Waals surface area contributed by atoms with E-state index in [9.17, 15) is 9.59 Å². The Morgan fingerprint density at radius 2 is 1.81 bits per heavy atom. The third-order valence-electron chi connectivity index (χ3n) is 3.63. The van der Waals surface area contributed by atoms with Crippen molar-refractivity contribution in [3.05, 3.63) is 70.8 Å². The minimum Gasteiger partial charge on any atom is -0.448 e. The maximum absolute atomic E-state index is 12.2. The molecule has 0 aliphatic carbocycles. The lowest BCUT2D eigenvalue weighted by molar-refractivity contribution is -0.123. The predicted octanol–water partition coefficient (Wildman–Crippen LogP) is 4.02. The van der Waals surface area contributed by atoms with Crippen molar-refractivity contribution in [3.8, 4) is 11.3 Å². The summed E-state index contributed by atoms with van der Waals surface area (Å²) >= 11 is 3.33. The van der Waals surface area contributed by atoms with E-state index in [2.05, 4.69) is 31.4 Å². The molecule has 0 radical (unpaired) electrons. The molecule has 6 nitrogen and oxygen atoms in total. The number of ether oxygens (including phenoxy) is 1. The Morgan fingerprint density at radius 3 is 2.50 bits per heavy atom. The molecule has 1 amide bonds. The summed E-state index contributed by atoms with van der Waals surface area (Å²) in [5.41, 5.74) is 2.31. The third-order valence-corrected chi connectivity index (χ3v) is 4.16. The maximum atomic E-state index is 12.2. The standard InChI is InChI=1S/C19H16BrN3O3/c1-12(18(24)21-15-9-7-14(20)8-10-15)26-19(25)17-11-16(22-23-17)13-5-3-2-4-6-13/h2-12H,1H3,(H,21,24)(H,22,23)/t12-/m0/s1. The highest BCUT2D eigenvalue weighted by atomic mass is 79.9. The van der Waals surface area contributed by atoms with E-state index < -0.39 is 18.0 Å². The van der Waals surface area contributed by atoms with Crippen LogP contribution in [0.3, 0.4) is 0 Å². The summed E-state index contributed by atoms with van der Waals surface area (Å²) in [6, 6.07) is 18.2. The molecule has 0 bridgehead atoms. The van der Waals surface area contributed by atoms with Crippen LogP contribution in [-0.4, -0.2) is 28.2 Å². The first-order chi connectivity index (χ1) is 12.5. The highest BCUT2D eigenvalue weighted by molar-refractivity contribution is 9.10. The zero-order chi connectivity index (χ0) is 18.5. The minimum atomic E-state index is -0.949. The van der Waals surface area contributed by atoms with Crippen molar-refractivity contribution >= 4 is 33.5 Å². The molecule has 0 saturated carbocycles. The van der Waals surface area contributed by atoms with Gasteiger partial charge in [-0.3, -0.25) is 9.89 Å². The van der Waals surface area contributed by atoms with Crippen molar-refractivity contribution in [2.24, 2.45) is 0 Å². The normalized spacial score (nSPS) is 11.6. The quantitative estimate of drug-likeness (QED) is 0.618. The summed E-state index contributed by atoms with van der Waals surface area (Å²) in [5, 5.41) is 9.44. The lowest BCUT2D eigenvalue weighted by Crippen LogP contribution is -2.30. The number of amides is 1. The number of anilines is 1. The number of rotatable bonds is 5. The summed E-state index contributed by atoms with van der Waals surface area (Å²) in [4.78, 5) is 24.4. The molecular formula is C19H16BrN3O3. The van der Waals surface area contributed by atoms with Crippen molar-refractivity contribution in [3.63, 3.8) is 0 Å². The maximum Gasteiger partial charge on any atom is 0.357 e. The highest BCUT2D eigenvalue weighted by Crippen LogP contribution is 2.18.